The Morgan fingerprint density at radius 3 is 2.35 bits per heavy atom. The van der Waals surface area contributed by atoms with Crippen LogP contribution in [0.15, 0.2) is 30.3 Å². The number of carboxylic acids is 1. The number of halogens is 3. The Balaban J connectivity index is 0.00000200. The van der Waals surface area contributed by atoms with Gasteiger partial charge in [-0.3, -0.25) is 4.70 Å². The molecule has 0 amide bonds. The van der Waals surface area contributed by atoms with Crippen LogP contribution < -0.4 is 4.74 Å². The molecule has 20 heavy (non-hydrogen) atoms. The van der Waals surface area contributed by atoms with Crippen molar-refractivity contribution in [2.75, 3.05) is 7.11 Å². The molecule has 2 aromatic rings. The number of ether oxygens (including phenoxy) is 1. The van der Waals surface area contributed by atoms with Crippen LogP contribution in [-0.2, 0) is 0 Å². The number of carbonyl (C=O) groups is 1. The molecule has 4 nitrogen and oxygen atoms in total. The highest BCUT2D eigenvalue weighted by atomic mass is 19.2. The zero-order valence-corrected chi connectivity index (χ0v) is 10.3. The van der Waals surface area contributed by atoms with Gasteiger partial charge in [-0.2, -0.15) is 0 Å². The Bertz CT molecular complexity index is 630. The number of hydrogen-bond acceptors (Lipinski definition) is 3. The summed E-state index contributed by atoms with van der Waals surface area (Å²) in [5.41, 5.74) is -0.634. The van der Waals surface area contributed by atoms with E-state index in [1.165, 1.54) is 19.2 Å². The molecule has 1 aromatic heterocycles. The average Bonchev–Trinajstić information content (AvgIpc) is 2.41. The standard InChI is InChI=1S/C13H9F2NO3.FH/c1-19-8-4-2-7(3-5-8)12-11(15)9(14)6-10(16-12)13(17)18;/h2-6H,1H3,(H,17,18);1H. The van der Waals surface area contributed by atoms with E-state index in [9.17, 15) is 13.6 Å². The van der Waals surface area contributed by atoms with Crippen molar-refractivity contribution in [2.45, 2.75) is 0 Å². The van der Waals surface area contributed by atoms with Crippen LogP contribution in [0.1, 0.15) is 10.5 Å². The van der Waals surface area contributed by atoms with Crippen LogP contribution in [0, 0.1) is 11.6 Å². The van der Waals surface area contributed by atoms with Crippen molar-refractivity contribution in [3.8, 4) is 17.0 Å². The van der Waals surface area contributed by atoms with E-state index in [1.54, 1.807) is 12.1 Å². The third-order valence-electron chi connectivity index (χ3n) is 2.50. The van der Waals surface area contributed by atoms with Gasteiger partial charge < -0.3 is 9.84 Å². The van der Waals surface area contributed by atoms with Crippen molar-refractivity contribution in [1.82, 2.24) is 4.98 Å². The van der Waals surface area contributed by atoms with Gasteiger partial charge in [-0.05, 0) is 24.3 Å². The molecule has 1 heterocycles. The SMILES string of the molecule is COc1ccc(-c2nc(C(=O)O)cc(F)c2F)cc1.F. The third kappa shape index (κ3) is 2.87. The molecular formula is C13H10F3NO3. The summed E-state index contributed by atoms with van der Waals surface area (Å²) in [5.74, 6) is -3.32. The number of benzene rings is 1. The van der Waals surface area contributed by atoms with Crippen LogP contribution in [0.5, 0.6) is 5.75 Å². The Morgan fingerprint density at radius 1 is 1.25 bits per heavy atom. The molecule has 1 aromatic carbocycles. The molecule has 0 aliphatic heterocycles. The molecule has 0 bridgehead atoms. The molecule has 0 spiro atoms. The number of methoxy groups -OCH3 is 1. The minimum absolute atomic E-state index is 0. The Morgan fingerprint density at radius 2 is 1.85 bits per heavy atom. The lowest BCUT2D eigenvalue weighted by molar-refractivity contribution is 0.0690. The van der Waals surface area contributed by atoms with Crippen molar-refractivity contribution in [3.05, 3.63) is 47.7 Å². The van der Waals surface area contributed by atoms with Gasteiger partial charge in [0.25, 0.3) is 0 Å². The van der Waals surface area contributed by atoms with E-state index in [0.29, 0.717) is 11.8 Å². The van der Waals surface area contributed by atoms with Crippen LogP contribution in [0.2, 0.25) is 0 Å². The Labute approximate surface area is 112 Å². The molecule has 0 saturated carbocycles. The molecule has 2 rings (SSSR count). The van der Waals surface area contributed by atoms with Gasteiger partial charge in [0, 0.05) is 11.6 Å². The number of hydrogen-bond donors (Lipinski definition) is 1. The highest BCUT2D eigenvalue weighted by molar-refractivity contribution is 5.86. The highest BCUT2D eigenvalue weighted by Crippen LogP contribution is 2.25. The molecule has 0 atom stereocenters. The van der Waals surface area contributed by atoms with Crippen molar-refractivity contribution in [3.63, 3.8) is 0 Å². The zero-order chi connectivity index (χ0) is 14.0. The summed E-state index contributed by atoms with van der Waals surface area (Å²) in [6, 6.07) is 6.57. The van der Waals surface area contributed by atoms with Crippen molar-refractivity contribution in [2.24, 2.45) is 0 Å². The number of aromatic carboxylic acids is 1. The molecule has 1 N–H and O–H groups in total. The molecule has 7 heteroatoms. The summed E-state index contributed by atoms with van der Waals surface area (Å²) < 4.78 is 31.9. The first-order valence-corrected chi connectivity index (χ1v) is 5.26. The highest BCUT2D eigenvalue weighted by Gasteiger charge is 2.17. The first kappa shape index (κ1) is 15.5. The fourth-order valence-electron chi connectivity index (χ4n) is 1.55. The number of rotatable bonds is 3. The minimum atomic E-state index is -1.42. The van der Waals surface area contributed by atoms with Gasteiger partial charge in [0.2, 0.25) is 0 Å². The summed E-state index contributed by atoms with van der Waals surface area (Å²) in [7, 11) is 1.47. The number of carboxylic acid groups (broad SMARTS) is 1. The molecule has 0 fully saturated rings. The summed E-state index contributed by atoms with van der Waals surface area (Å²) in [5, 5.41) is 8.78. The number of nitrogens with zero attached hydrogens (tertiary/aromatic N) is 1. The van der Waals surface area contributed by atoms with E-state index in [0.717, 1.165) is 0 Å². The molecule has 0 aliphatic carbocycles. The molecule has 0 aliphatic rings. The molecule has 0 unspecified atom stereocenters. The lowest BCUT2D eigenvalue weighted by atomic mass is 10.1. The lowest BCUT2D eigenvalue weighted by Crippen LogP contribution is -2.05. The van der Waals surface area contributed by atoms with Crippen LogP contribution in [-0.4, -0.2) is 23.2 Å². The monoisotopic (exact) mass is 285 g/mol. The van der Waals surface area contributed by atoms with Gasteiger partial charge in [-0.15, -0.1) is 0 Å². The van der Waals surface area contributed by atoms with Gasteiger partial charge >= 0.3 is 5.97 Å². The van der Waals surface area contributed by atoms with E-state index in [4.69, 9.17) is 9.84 Å². The van der Waals surface area contributed by atoms with Gasteiger partial charge in [0.05, 0.1) is 7.11 Å². The van der Waals surface area contributed by atoms with Gasteiger partial charge in [-0.1, -0.05) is 0 Å². The largest absolute Gasteiger partial charge is 0.497 e. The van der Waals surface area contributed by atoms with Crippen molar-refractivity contribution in [1.29, 1.82) is 0 Å². The van der Waals surface area contributed by atoms with Gasteiger partial charge in [0.1, 0.15) is 11.4 Å². The van der Waals surface area contributed by atoms with Crippen LogP contribution >= 0.6 is 0 Å². The van der Waals surface area contributed by atoms with E-state index < -0.39 is 23.3 Å². The zero-order valence-electron chi connectivity index (χ0n) is 10.3. The number of aromatic nitrogens is 1. The normalized spacial score (nSPS) is 9.75. The van der Waals surface area contributed by atoms with Crippen LogP contribution in [0.25, 0.3) is 11.3 Å². The van der Waals surface area contributed by atoms with E-state index >= 15 is 0 Å². The quantitative estimate of drug-likeness (QED) is 0.942. The van der Waals surface area contributed by atoms with Gasteiger partial charge in [0.15, 0.2) is 17.3 Å². The maximum absolute atomic E-state index is 13.7. The summed E-state index contributed by atoms with van der Waals surface area (Å²) >= 11 is 0. The second kappa shape index (κ2) is 6.05. The first-order chi connectivity index (χ1) is 9.02. The smallest absolute Gasteiger partial charge is 0.354 e. The third-order valence-corrected chi connectivity index (χ3v) is 2.50. The topological polar surface area (TPSA) is 59.4 Å². The Kier molecular flexibility index (Phi) is 4.68. The summed E-state index contributed by atoms with van der Waals surface area (Å²) in [4.78, 5) is 14.4. The Hall–Kier alpha value is -2.57. The second-order valence-electron chi connectivity index (χ2n) is 3.69. The first-order valence-electron chi connectivity index (χ1n) is 5.26. The lowest BCUT2D eigenvalue weighted by Gasteiger charge is -2.06. The summed E-state index contributed by atoms with van der Waals surface area (Å²) in [6.07, 6.45) is 0. The maximum Gasteiger partial charge on any atom is 0.354 e. The van der Waals surface area contributed by atoms with Crippen molar-refractivity contribution < 1.29 is 28.1 Å². The van der Waals surface area contributed by atoms with Crippen LogP contribution in [0.3, 0.4) is 0 Å². The fourth-order valence-corrected chi connectivity index (χ4v) is 1.55. The second-order valence-corrected chi connectivity index (χ2v) is 3.69. The fraction of sp³-hybridized carbons (Fsp3) is 0.0769. The minimum Gasteiger partial charge on any atom is -0.497 e. The van der Waals surface area contributed by atoms with E-state index in [1.807, 2.05) is 0 Å². The predicted octanol–water partition coefficient (Wildman–Crippen LogP) is 2.89. The van der Waals surface area contributed by atoms with Gasteiger partial charge in [-0.25, -0.2) is 18.6 Å². The molecule has 0 radical (unpaired) electrons. The number of pyridine rings is 1. The molecule has 0 saturated heterocycles. The van der Waals surface area contributed by atoms with E-state index in [-0.39, 0.29) is 16.0 Å². The van der Waals surface area contributed by atoms with E-state index in [2.05, 4.69) is 4.98 Å². The average molecular weight is 285 g/mol. The van der Waals surface area contributed by atoms with Crippen LogP contribution in [0.4, 0.5) is 13.5 Å². The summed E-state index contributed by atoms with van der Waals surface area (Å²) in [6.45, 7) is 0. The molecular weight excluding hydrogens is 275 g/mol. The predicted molar refractivity (Wildman–Crippen MR) is 65.6 cm³/mol. The van der Waals surface area contributed by atoms with Crippen molar-refractivity contribution >= 4 is 5.97 Å². The molecule has 106 valence electrons. The maximum atomic E-state index is 13.7.